The smallest absolute Gasteiger partial charge is 0.419 e. The topological polar surface area (TPSA) is 55.1 Å². The quantitative estimate of drug-likeness (QED) is 0.804. The Balaban J connectivity index is 3.44. The predicted molar refractivity (Wildman–Crippen MR) is 39.7 cm³/mol. The summed E-state index contributed by atoms with van der Waals surface area (Å²) >= 11 is 0. The van der Waals surface area contributed by atoms with Crippen molar-refractivity contribution in [2.75, 3.05) is 0 Å². The van der Waals surface area contributed by atoms with Gasteiger partial charge in [-0.1, -0.05) is 0 Å². The molecule has 1 rings (SSSR count). The number of alkyl halides is 5. The van der Waals surface area contributed by atoms with Crippen LogP contribution in [0.5, 0.6) is 0 Å². The Bertz CT molecular complexity index is 423. The molecule has 0 aromatic carbocycles. The third kappa shape index (κ3) is 1.84. The van der Waals surface area contributed by atoms with Crippen LogP contribution in [0.3, 0.4) is 0 Å². The fraction of sp³-hybridized carbons (Fsp3) is 0.429. The molecule has 0 saturated heterocycles. The first-order valence-corrected chi connectivity index (χ1v) is 3.79. The number of hydrogen-bond donors (Lipinski definition) is 1. The van der Waals surface area contributed by atoms with E-state index in [1.54, 1.807) is 0 Å². The second-order valence-electron chi connectivity index (χ2n) is 2.91. The van der Waals surface area contributed by atoms with Crippen LogP contribution in [0.4, 0.5) is 22.0 Å². The maximum atomic E-state index is 13.0. The van der Waals surface area contributed by atoms with Crippen LogP contribution in [0.2, 0.25) is 0 Å². The number of aryl methyl sites for hydroxylation is 1. The number of aliphatic carboxylic acids is 1. The maximum absolute atomic E-state index is 13.0. The van der Waals surface area contributed by atoms with Crippen LogP contribution < -0.4 is 0 Å². The standard InChI is InChI=1S/C7H5F5N2O2/c1-14-4(6(8,9)5(15)16)3(2-13-14)7(10,11)12/h2H,1H3,(H,15,16). The zero-order valence-corrected chi connectivity index (χ0v) is 7.72. The minimum atomic E-state index is -5.08. The molecule has 0 unspecified atom stereocenters. The lowest BCUT2D eigenvalue weighted by Crippen LogP contribution is -2.30. The van der Waals surface area contributed by atoms with E-state index in [2.05, 4.69) is 5.10 Å². The van der Waals surface area contributed by atoms with Crippen molar-refractivity contribution < 1.29 is 31.9 Å². The summed E-state index contributed by atoms with van der Waals surface area (Å²) in [5.41, 5.74) is -3.45. The van der Waals surface area contributed by atoms with E-state index in [1.165, 1.54) is 0 Å². The molecule has 0 amide bonds. The van der Waals surface area contributed by atoms with E-state index in [9.17, 15) is 26.7 Å². The summed E-state index contributed by atoms with van der Waals surface area (Å²) in [6, 6.07) is 0. The van der Waals surface area contributed by atoms with E-state index in [4.69, 9.17) is 5.11 Å². The highest BCUT2D eigenvalue weighted by molar-refractivity contribution is 5.77. The van der Waals surface area contributed by atoms with Gasteiger partial charge in [-0.05, 0) is 0 Å². The molecule has 1 heterocycles. The second-order valence-corrected chi connectivity index (χ2v) is 2.91. The summed E-state index contributed by atoms with van der Waals surface area (Å²) in [7, 11) is 0.807. The van der Waals surface area contributed by atoms with Crippen molar-refractivity contribution in [2.24, 2.45) is 7.05 Å². The van der Waals surface area contributed by atoms with Crippen molar-refractivity contribution in [3.8, 4) is 0 Å². The van der Waals surface area contributed by atoms with Gasteiger partial charge in [0.1, 0.15) is 11.3 Å². The van der Waals surface area contributed by atoms with Crippen molar-refractivity contribution in [1.82, 2.24) is 9.78 Å². The van der Waals surface area contributed by atoms with Crippen LogP contribution in [-0.4, -0.2) is 20.9 Å². The molecule has 1 aromatic rings. The number of aromatic nitrogens is 2. The molecule has 0 bridgehead atoms. The molecule has 16 heavy (non-hydrogen) atoms. The zero-order chi connectivity index (χ0) is 12.7. The van der Waals surface area contributed by atoms with Gasteiger partial charge in [-0.15, -0.1) is 0 Å². The van der Waals surface area contributed by atoms with Crippen molar-refractivity contribution >= 4 is 5.97 Å². The fourth-order valence-corrected chi connectivity index (χ4v) is 1.12. The van der Waals surface area contributed by atoms with Gasteiger partial charge < -0.3 is 5.11 Å². The molecule has 0 spiro atoms. The Morgan fingerprint density at radius 2 is 1.88 bits per heavy atom. The van der Waals surface area contributed by atoms with Crippen molar-refractivity contribution in [1.29, 1.82) is 0 Å². The molecule has 0 aliphatic carbocycles. The Hall–Kier alpha value is -1.67. The molecule has 0 atom stereocenters. The summed E-state index contributed by atoms with van der Waals surface area (Å²) in [5.74, 6) is -7.31. The Labute approximate surface area is 85.3 Å². The van der Waals surface area contributed by atoms with E-state index < -0.39 is 29.3 Å². The lowest BCUT2D eigenvalue weighted by atomic mass is 10.1. The summed E-state index contributed by atoms with van der Waals surface area (Å²) in [6.07, 6.45) is -4.92. The molecule has 1 aromatic heterocycles. The number of carbonyl (C=O) groups is 1. The Kier molecular flexibility index (Phi) is 2.65. The highest BCUT2D eigenvalue weighted by Gasteiger charge is 2.51. The van der Waals surface area contributed by atoms with Gasteiger partial charge in [-0.2, -0.15) is 27.1 Å². The average molecular weight is 244 g/mol. The van der Waals surface area contributed by atoms with Gasteiger partial charge in [0.15, 0.2) is 0 Å². The number of halogens is 5. The molecule has 0 aliphatic rings. The molecule has 9 heteroatoms. The van der Waals surface area contributed by atoms with Crippen LogP contribution in [0.15, 0.2) is 6.20 Å². The predicted octanol–water partition coefficient (Wildman–Crippen LogP) is 1.62. The first-order chi connectivity index (χ1) is 7.08. The Morgan fingerprint density at radius 3 is 2.25 bits per heavy atom. The highest BCUT2D eigenvalue weighted by atomic mass is 19.4. The minimum absolute atomic E-state index is 0.159. The first-order valence-electron chi connectivity index (χ1n) is 3.79. The van der Waals surface area contributed by atoms with Gasteiger partial charge in [-0.3, -0.25) is 4.68 Å². The van der Waals surface area contributed by atoms with E-state index in [1.807, 2.05) is 0 Å². The average Bonchev–Trinajstić information content (AvgIpc) is 2.46. The lowest BCUT2D eigenvalue weighted by Gasteiger charge is -2.15. The largest absolute Gasteiger partial charge is 0.476 e. The van der Waals surface area contributed by atoms with E-state index >= 15 is 0 Å². The van der Waals surface area contributed by atoms with Crippen LogP contribution in [-0.2, 0) is 23.9 Å². The SMILES string of the molecule is Cn1ncc(C(F)(F)F)c1C(F)(F)C(=O)O. The monoisotopic (exact) mass is 244 g/mol. The molecular formula is C7H5F5N2O2. The highest BCUT2D eigenvalue weighted by Crippen LogP contribution is 2.39. The summed E-state index contributed by atoms with van der Waals surface area (Å²) in [4.78, 5) is 10.2. The summed E-state index contributed by atoms with van der Waals surface area (Å²) in [6.45, 7) is 0. The van der Waals surface area contributed by atoms with E-state index in [-0.39, 0.29) is 10.9 Å². The minimum Gasteiger partial charge on any atom is -0.476 e. The normalized spacial score (nSPS) is 12.9. The van der Waals surface area contributed by atoms with Gasteiger partial charge in [0.05, 0.1) is 6.20 Å². The van der Waals surface area contributed by atoms with Gasteiger partial charge >= 0.3 is 18.1 Å². The van der Waals surface area contributed by atoms with Gasteiger partial charge in [-0.25, -0.2) is 4.79 Å². The van der Waals surface area contributed by atoms with Crippen LogP contribution >= 0.6 is 0 Å². The first kappa shape index (κ1) is 12.4. The maximum Gasteiger partial charge on any atom is 0.419 e. The second kappa shape index (κ2) is 3.42. The van der Waals surface area contributed by atoms with Gasteiger partial charge in [0, 0.05) is 7.05 Å². The molecule has 0 aliphatic heterocycles. The van der Waals surface area contributed by atoms with Crippen molar-refractivity contribution in [2.45, 2.75) is 12.1 Å². The van der Waals surface area contributed by atoms with Gasteiger partial charge in [0.2, 0.25) is 0 Å². The van der Waals surface area contributed by atoms with E-state index in [0.717, 1.165) is 7.05 Å². The van der Waals surface area contributed by atoms with E-state index in [0.29, 0.717) is 0 Å². The zero-order valence-electron chi connectivity index (χ0n) is 7.72. The fourth-order valence-electron chi connectivity index (χ4n) is 1.12. The number of hydrogen-bond acceptors (Lipinski definition) is 2. The van der Waals surface area contributed by atoms with Gasteiger partial charge in [0.25, 0.3) is 0 Å². The van der Waals surface area contributed by atoms with Crippen molar-refractivity contribution in [3.63, 3.8) is 0 Å². The molecule has 0 fully saturated rings. The van der Waals surface area contributed by atoms with Crippen LogP contribution in [0.25, 0.3) is 0 Å². The van der Waals surface area contributed by atoms with Crippen molar-refractivity contribution in [3.05, 3.63) is 17.5 Å². The third-order valence-corrected chi connectivity index (χ3v) is 1.81. The lowest BCUT2D eigenvalue weighted by molar-refractivity contribution is -0.170. The molecular weight excluding hydrogens is 239 g/mol. The molecule has 1 N–H and O–H groups in total. The molecule has 90 valence electrons. The summed E-state index contributed by atoms with van der Waals surface area (Å²) < 4.78 is 63.0. The molecule has 4 nitrogen and oxygen atoms in total. The number of rotatable bonds is 2. The number of nitrogens with zero attached hydrogens (tertiary/aromatic N) is 2. The number of carboxylic acid groups (broad SMARTS) is 1. The van der Waals surface area contributed by atoms with Crippen LogP contribution in [0.1, 0.15) is 11.3 Å². The third-order valence-electron chi connectivity index (χ3n) is 1.81. The molecule has 0 saturated carbocycles. The summed E-state index contributed by atoms with van der Waals surface area (Å²) in [5, 5.41) is 11.2. The Morgan fingerprint density at radius 1 is 1.38 bits per heavy atom. The van der Waals surface area contributed by atoms with Crippen LogP contribution in [0, 0.1) is 0 Å². The number of carboxylic acids is 1. The molecule has 0 radical (unpaired) electrons.